The lowest BCUT2D eigenvalue weighted by Crippen LogP contribution is -2.24. The van der Waals surface area contributed by atoms with E-state index in [-0.39, 0.29) is 12.1 Å². The molecular weight excluding hydrogens is 278 g/mol. The van der Waals surface area contributed by atoms with Gasteiger partial charge in [0.1, 0.15) is 17.4 Å². The largest absolute Gasteiger partial charge is 0.467 e. The molecule has 0 aliphatic rings. The highest BCUT2D eigenvalue weighted by molar-refractivity contribution is 5.97. The minimum Gasteiger partial charge on any atom is -0.467 e. The molecule has 1 heterocycles. The molecule has 0 saturated carbocycles. The van der Waals surface area contributed by atoms with E-state index < -0.39 is 5.91 Å². The molecular formula is C17H17N3O2. The number of nitrogens with zero attached hydrogens (tertiary/aromatic N) is 1. The molecule has 0 spiro atoms. The fourth-order valence-corrected chi connectivity index (χ4v) is 2.04. The third-order valence-electron chi connectivity index (χ3n) is 2.97. The number of aryl methyl sites for hydroxylation is 2. The summed E-state index contributed by atoms with van der Waals surface area (Å²) < 4.78 is 5.12. The van der Waals surface area contributed by atoms with Gasteiger partial charge < -0.3 is 15.1 Å². The second-order valence-electron chi connectivity index (χ2n) is 4.95. The second-order valence-corrected chi connectivity index (χ2v) is 4.95. The van der Waals surface area contributed by atoms with Crippen molar-refractivity contribution in [3.8, 4) is 6.07 Å². The summed E-state index contributed by atoms with van der Waals surface area (Å²) in [6.45, 7) is 4.22. The van der Waals surface area contributed by atoms with E-state index in [0.29, 0.717) is 5.76 Å². The summed E-state index contributed by atoms with van der Waals surface area (Å²) in [4.78, 5) is 11.9. The molecule has 0 fully saturated rings. The second kappa shape index (κ2) is 7.14. The number of amides is 1. The van der Waals surface area contributed by atoms with Gasteiger partial charge in [-0.15, -0.1) is 0 Å². The molecule has 0 atom stereocenters. The van der Waals surface area contributed by atoms with Crippen molar-refractivity contribution in [2.24, 2.45) is 0 Å². The van der Waals surface area contributed by atoms with Crippen molar-refractivity contribution in [3.05, 3.63) is 65.3 Å². The van der Waals surface area contributed by atoms with Crippen molar-refractivity contribution < 1.29 is 9.21 Å². The lowest BCUT2D eigenvalue weighted by Gasteiger charge is -2.06. The van der Waals surface area contributed by atoms with E-state index in [1.807, 2.05) is 32.0 Å². The highest BCUT2D eigenvalue weighted by atomic mass is 16.3. The molecule has 5 nitrogen and oxygen atoms in total. The van der Waals surface area contributed by atoms with E-state index in [0.717, 1.165) is 16.8 Å². The van der Waals surface area contributed by atoms with Crippen LogP contribution in [0.15, 0.2) is 52.8 Å². The highest BCUT2D eigenvalue weighted by Gasteiger charge is 2.09. The zero-order valence-corrected chi connectivity index (χ0v) is 12.5. The van der Waals surface area contributed by atoms with Gasteiger partial charge in [-0.3, -0.25) is 4.79 Å². The Morgan fingerprint density at radius 2 is 2.05 bits per heavy atom. The fraction of sp³-hybridized carbons (Fsp3) is 0.176. The van der Waals surface area contributed by atoms with Gasteiger partial charge in [0.15, 0.2) is 0 Å². The average Bonchev–Trinajstić information content (AvgIpc) is 2.98. The van der Waals surface area contributed by atoms with Crippen LogP contribution in [0, 0.1) is 25.2 Å². The molecule has 2 aromatic rings. The van der Waals surface area contributed by atoms with E-state index in [1.165, 1.54) is 12.5 Å². The number of carbonyl (C=O) groups excluding carboxylic acids is 1. The van der Waals surface area contributed by atoms with E-state index in [9.17, 15) is 4.79 Å². The van der Waals surface area contributed by atoms with Crippen LogP contribution < -0.4 is 10.6 Å². The Kier molecular flexibility index (Phi) is 4.99. The third kappa shape index (κ3) is 4.25. The van der Waals surface area contributed by atoms with E-state index >= 15 is 0 Å². The van der Waals surface area contributed by atoms with Gasteiger partial charge in [-0.25, -0.2) is 0 Å². The Balaban J connectivity index is 2.00. The lowest BCUT2D eigenvalue weighted by molar-refractivity contribution is -0.117. The Morgan fingerprint density at radius 1 is 1.32 bits per heavy atom. The van der Waals surface area contributed by atoms with Crippen molar-refractivity contribution in [2.75, 3.05) is 5.32 Å². The molecule has 0 radical (unpaired) electrons. The number of anilines is 1. The van der Waals surface area contributed by atoms with Crippen LogP contribution in [0.5, 0.6) is 0 Å². The first-order chi connectivity index (χ1) is 10.6. The maximum atomic E-state index is 11.9. The predicted molar refractivity (Wildman–Crippen MR) is 83.8 cm³/mol. The normalized spacial score (nSPS) is 10.9. The zero-order chi connectivity index (χ0) is 15.9. The molecule has 22 heavy (non-hydrogen) atoms. The number of hydrogen-bond acceptors (Lipinski definition) is 4. The Morgan fingerprint density at radius 3 is 2.64 bits per heavy atom. The molecule has 2 N–H and O–H groups in total. The SMILES string of the molecule is Cc1cc(C)cc(N/C=C(/C#N)C(=O)NCc2ccco2)c1. The summed E-state index contributed by atoms with van der Waals surface area (Å²) in [5.74, 6) is 0.184. The van der Waals surface area contributed by atoms with Crippen LogP contribution >= 0.6 is 0 Å². The molecule has 0 bridgehead atoms. The predicted octanol–water partition coefficient (Wildman–Crippen LogP) is 3.03. The number of nitriles is 1. The molecule has 1 aromatic heterocycles. The van der Waals surface area contributed by atoms with Gasteiger partial charge in [-0.1, -0.05) is 6.07 Å². The Bertz CT molecular complexity index is 705. The molecule has 0 unspecified atom stereocenters. The topological polar surface area (TPSA) is 78.1 Å². The number of furan rings is 1. The monoisotopic (exact) mass is 295 g/mol. The van der Waals surface area contributed by atoms with Gasteiger partial charge in [0.25, 0.3) is 5.91 Å². The summed E-state index contributed by atoms with van der Waals surface area (Å²) in [6, 6.07) is 11.3. The first-order valence-electron chi connectivity index (χ1n) is 6.84. The first kappa shape index (κ1) is 15.4. The smallest absolute Gasteiger partial charge is 0.263 e. The molecule has 2 rings (SSSR count). The van der Waals surface area contributed by atoms with Gasteiger partial charge in [-0.2, -0.15) is 5.26 Å². The Hall–Kier alpha value is -3.00. The molecule has 0 saturated heterocycles. The van der Waals surface area contributed by atoms with Crippen LogP contribution in [-0.2, 0) is 11.3 Å². The summed E-state index contributed by atoms with van der Waals surface area (Å²) in [6.07, 6.45) is 2.94. The van der Waals surface area contributed by atoms with Crippen molar-refractivity contribution in [2.45, 2.75) is 20.4 Å². The number of carbonyl (C=O) groups is 1. The van der Waals surface area contributed by atoms with Gasteiger partial charge in [0, 0.05) is 11.9 Å². The van der Waals surface area contributed by atoms with Crippen molar-refractivity contribution in [3.63, 3.8) is 0 Å². The number of nitrogens with one attached hydrogen (secondary N) is 2. The van der Waals surface area contributed by atoms with Crippen LogP contribution in [0.25, 0.3) is 0 Å². The van der Waals surface area contributed by atoms with Crippen molar-refractivity contribution >= 4 is 11.6 Å². The quantitative estimate of drug-likeness (QED) is 0.656. The molecule has 5 heteroatoms. The fourth-order valence-electron chi connectivity index (χ4n) is 2.04. The molecule has 0 aliphatic carbocycles. The van der Waals surface area contributed by atoms with Gasteiger partial charge in [0.2, 0.25) is 0 Å². The van der Waals surface area contributed by atoms with Crippen LogP contribution in [-0.4, -0.2) is 5.91 Å². The third-order valence-corrected chi connectivity index (χ3v) is 2.97. The van der Waals surface area contributed by atoms with Crippen LogP contribution in [0.4, 0.5) is 5.69 Å². The lowest BCUT2D eigenvalue weighted by atomic mass is 10.1. The van der Waals surface area contributed by atoms with E-state index in [1.54, 1.807) is 12.1 Å². The molecule has 0 aliphatic heterocycles. The molecule has 1 amide bonds. The zero-order valence-electron chi connectivity index (χ0n) is 12.5. The molecule has 1 aromatic carbocycles. The minimum absolute atomic E-state index is 0.00529. The summed E-state index contributed by atoms with van der Waals surface area (Å²) in [5, 5.41) is 14.7. The van der Waals surface area contributed by atoms with Crippen LogP contribution in [0.2, 0.25) is 0 Å². The minimum atomic E-state index is -0.448. The maximum Gasteiger partial charge on any atom is 0.263 e. The van der Waals surface area contributed by atoms with E-state index in [2.05, 4.69) is 16.7 Å². The maximum absolute atomic E-state index is 11.9. The van der Waals surface area contributed by atoms with Crippen LogP contribution in [0.3, 0.4) is 0 Å². The van der Waals surface area contributed by atoms with Gasteiger partial charge in [0.05, 0.1) is 12.8 Å². The first-order valence-corrected chi connectivity index (χ1v) is 6.84. The van der Waals surface area contributed by atoms with Gasteiger partial charge >= 0.3 is 0 Å². The number of rotatable bonds is 5. The number of benzene rings is 1. The standard InChI is InChI=1S/C17H17N3O2/c1-12-6-13(2)8-15(7-12)19-10-14(9-18)17(21)20-11-16-4-3-5-22-16/h3-8,10,19H,11H2,1-2H3,(H,20,21)/b14-10-. The summed E-state index contributed by atoms with van der Waals surface area (Å²) >= 11 is 0. The molecule has 112 valence electrons. The van der Waals surface area contributed by atoms with Crippen molar-refractivity contribution in [1.82, 2.24) is 5.32 Å². The Labute approximate surface area is 129 Å². The number of hydrogen-bond donors (Lipinski definition) is 2. The van der Waals surface area contributed by atoms with E-state index in [4.69, 9.17) is 9.68 Å². The van der Waals surface area contributed by atoms with Crippen LogP contribution in [0.1, 0.15) is 16.9 Å². The van der Waals surface area contributed by atoms with Crippen molar-refractivity contribution in [1.29, 1.82) is 5.26 Å². The highest BCUT2D eigenvalue weighted by Crippen LogP contribution is 2.14. The summed E-state index contributed by atoms with van der Waals surface area (Å²) in [5.41, 5.74) is 3.06. The summed E-state index contributed by atoms with van der Waals surface area (Å²) in [7, 11) is 0. The average molecular weight is 295 g/mol. The van der Waals surface area contributed by atoms with Gasteiger partial charge in [-0.05, 0) is 49.2 Å².